The Hall–Kier alpha value is -3.62. The number of nitrogens with zero attached hydrogens (tertiary/aromatic N) is 5. The molecule has 0 saturated heterocycles. The molecule has 148 valence electrons. The van der Waals surface area contributed by atoms with E-state index in [0.717, 1.165) is 12.8 Å². The van der Waals surface area contributed by atoms with Crippen molar-refractivity contribution in [2.24, 2.45) is 0 Å². The normalized spacial score (nSPS) is 15.8. The summed E-state index contributed by atoms with van der Waals surface area (Å²) in [5.41, 5.74) is 1.10. The van der Waals surface area contributed by atoms with E-state index in [2.05, 4.69) is 25.3 Å². The number of hydrogen-bond acceptors (Lipinski definition) is 7. The fraction of sp³-hybridized carbons (Fsp3) is 0.300. The van der Waals surface area contributed by atoms with Gasteiger partial charge in [0.1, 0.15) is 17.8 Å². The Morgan fingerprint density at radius 1 is 1.21 bits per heavy atom. The summed E-state index contributed by atoms with van der Waals surface area (Å²) >= 11 is 0. The van der Waals surface area contributed by atoms with Crippen LogP contribution in [0.4, 0.5) is 0 Å². The van der Waals surface area contributed by atoms with Crippen LogP contribution in [0.15, 0.2) is 47.7 Å². The molecule has 1 atom stereocenters. The van der Waals surface area contributed by atoms with Gasteiger partial charge in [0.15, 0.2) is 0 Å². The predicted octanol–water partition coefficient (Wildman–Crippen LogP) is 1.76. The van der Waals surface area contributed by atoms with Crippen LogP contribution in [0.5, 0.6) is 5.88 Å². The van der Waals surface area contributed by atoms with Crippen molar-refractivity contribution in [1.82, 2.24) is 29.8 Å². The van der Waals surface area contributed by atoms with Crippen molar-refractivity contribution in [1.29, 1.82) is 0 Å². The zero-order valence-electron chi connectivity index (χ0n) is 15.9. The number of amides is 1. The van der Waals surface area contributed by atoms with Gasteiger partial charge in [-0.15, -0.1) is 0 Å². The number of methoxy groups -OCH3 is 1. The number of rotatable bonds is 4. The van der Waals surface area contributed by atoms with Crippen molar-refractivity contribution < 1.29 is 9.53 Å². The molecule has 0 radical (unpaired) electrons. The highest BCUT2D eigenvalue weighted by molar-refractivity contribution is 5.92. The zero-order chi connectivity index (χ0) is 20.2. The fourth-order valence-electron chi connectivity index (χ4n) is 3.36. The largest absolute Gasteiger partial charge is 0.481 e. The van der Waals surface area contributed by atoms with Gasteiger partial charge in [0.25, 0.3) is 11.5 Å². The Labute approximate surface area is 166 Å². The lowest BCUT2D eigenvalue weighted by atomic mass is 10.1. The lowest BCUT2D eigenvalue weighted by Gasteiger charge is -2.19. The Morgan fingerprint density at radius 2 is 2.10 bits per heavy atom. The van der Waals surface area contributed by atoms with E-state index < -0.39 is 6.04 Å². The van der Waals surface area contributed by atoms with Crippen LogP contribution in [-0.2, 0) is 6.54 Å². The number of fused-ring (bicyclic) bond motifs is 1. The SMILES string of the molecule is COc1cccc(C(=O)NC2CCCCn3c2nc(-c2ccncn2)cc3=O)n1. The average molecular weight is 392 g/mol. The second-order valence-corrected chi connectivity index (χ2v) is 6.67. The second kappa shape index (κ2) is 8.17. The highest BCUT2D eigenvalue weighted by atomic mass is 16.5. The third kappa shape index (κ3) is 3.98. The number of ether oxygens (including phenoxy) is 1. The second-order valence-electron chi connectivity index (χ2n) is 6.67. The zero-order valence-corrected chi connectivity index (χ0v) is 15.9. The summed E-state index contributed by atoms with van der Waals surface area (Å²) in [6.45, 7) is 0.564. The number of pyridine rings is 1. The maximum absolute atomic E-state index is 12.8. The van der Waals surface area contributed by atoms with E-state index in [1.807, 2.05) is 0 Å². The molecule has 0 spiro atoms. The summed E-state index contributed by atoms with van der Waals surface area (Å²) in [6, 6.07) is 7.76. The molecule has 4 heterocycles. The molecule has 29 heavy (non-hydrogen) atoms. The number of hydrogen-bond donors (Lipinski definition) is 1. The third-order valence-corrected chi connectivity index (χ3v) is 4.79. The molecule has 0 aromatic carbocycles. The molecule has 1 unspecified atom stereocenters. The Bertz CT molecular complexity index is 1080. The Morgan fingerprint density at radius 3 is 2.90 bits per heavy atom. The summed E-state index contributed by atoms with van der Waals surface area (Å²) in [5, 5.41) is 2.98. The minimum atomic E-state index is -0.410. The molecule has 3 aromatic rings. The smallest absolute Gasteiger partial charge is 0.270 e. The van der Waals surface area contributed by atoms with Crippen LogP contribution in [0, 0.1) is 0 Å². The lowest BCUT2D eigenvalue weighted by molar-refractivity contribution is 0.0926. The van der Waals surface area contributed by atoms with Crippen LogP contribution in [0.1, 0.15) is 41.6 Å². The van der Waals surface area contributed by atoms with E-state index in [0.29, 0.717) is 36.1 Å². The first-order chi connectivity index (χ1) is 14.2. The quantitative estimate of drug-likeness (QED) is 0.720. The van der Waals surface area contributed by atoms with Crippen molar-refractivity contribution in [3.05, 3.63) is 64.7 Å². The Balaban J connectivity index is 1.70. The van der Waals surface area contributed by atoms with E-state index >= 15 is 0 Å². The maximum Gasteiger partial charge on any atom is 0.270 e. The van der Waals surface area contributed by atoms with Crippen LogP contribution in [0.3, 0.4) is 0 Å². The molecule has 0 saturated carbocycles. The van der Waals surface area contributed by atoms with Crippen molar-refractivity contribution >= 4 is 5.91 Å². The molecule has 1 aliphatic rings. The van der Waals surface area contributed by atoms with Gasteiger partial charge in [0.2, 0.25) is 5.88 Å². The molecular weight excluding hydrogens is 372 g/mol. The summed E-state index contributed by atoms with van der Waals surface area (Å²) in [7, 11) is 1.50. The van der Waals surface area contributed by atoms with Crippen LogP contribution < -0.4 is 15.6 Å². The molecule has 1 amide bonds. The molecule has 0 fully saturated rings. The lowest BCUT2D eigenvalue weighted by Crippen LogP contribution is -2.34. The van der Waals surface area contributed by atoms with Crippen molar-refractivity contribution in [3.63, 3.8) is 0 Å². The molecule has 9 nitrogen and oxygen atoms in total. The van der Waals surface area contributed by atoms with E-state index in [1.165, 1.54) is 19.5 Å². The standard InChI is InChI=1S/C20H20N6O3/c1-29-17-7-4-6-15(23-17)20(28)25-14-5-2-3-10-26-18(27)11-16(24-19(14)26)13-8-9-21-12-22-13/h4,6-9,11-12,14H,2-3,5,10H2,1H3,(H,25,28). The monoisotopic (exact) mass is 392 g/mol. The first-order valence-electron chi connectivity index (χ1n) is 9.36. The van der Waals surface area contributed by atoms with Gasteiger partial charge in [-0.3, -0.25) is 14.2 Å². The van der Waals surface area contributed by atoms with Gasteiger partial charge in [0.05, 0.1) is 24.5 Å². The van der Waals surface area contributed by atoms with Crippen LogP contribution >= 0.6 is 0 Å². The minimum Gasteiger partial charge on any atom is -0.481 e. The molecule has 0 aliphatic carbocycles. The van der Waals surface area contributed by atoms with Gasteiger partial charge in [0, 0.05) is 24.9 Å². The van der Waals surface area contributed by atoms with Crippen molar-refractivity contribution in [2.75, 3.05) is 7.11 Å². The average Bonchev–Trinajstić information content (AvgIpc) is 2.97. The fourth-order valence-corrected chi connectivity index (χ4v) is 3.36. The van der Waals surface area contributed by atoms with E-state index in [9.17, 15) is 9.59 Å². The van der Waals surface area contributed by atoms with E-state index in [-0.39, 0.29) is 17.2 Å². The number of carbonyl (C=O) groups is 1. The number of nitrogens with one attached hydrogen (secondary N) is 1. The third-order valence-electron chi connectivity index (χ3n) is 4.79. The van der Waals surface area contributed by atoms with Gasteiger partial charge < -0.3 is 10.1 Å². The van der Waals surface area contributed by atoms with Gasteiger partial charge in [-0.05, 0) is 31.4 Å². The summed E-state index contributed by atoms with van der Waals surface area (Å²) in [5.74, 6) is 0.545. The van der Waals surface area contributed by atoms with E-state index in [1.54, 1.807) is 35.0 Å². The molecule has 9 heteroatoms. The van der Waals surface area contributed by atoms with E-state index in [4.69, 9.17) is 4.74 Å². The van der Waals surface area contributed by atoms with Gasteiger partial charge >= 0.3 is 0 Å². The summed E-state index contributed by atoms with van der Waals surface area (Å²) < 4.78 is 6.72. The molecule has 3 aromatic heterocycles. The van der Waals surface area contributed by atoms with Crippen LogP contribution in [-0.4, -0.2) is 37.5 Å². The Kier molecular flexibility index (Phi) is 5.28. The van der Waals surface area contributed by atoms with Crippen molar-refractivity contribution in [3.8, 4) is 17.3 Å². The van der Waals surface area contributed by atoms with Gasteiger partial charge in [-0.2, -0.15) is 0 Å². The molecule has 1 N–H and O–H groups in total. The van der Waals surface area contributed by atoms with Crippen molar-refractivity contribution in [2.45, 2.75) is 31.8 Å². The number of aromatic nitrogens is 5. The predicted molar refractivity (Wildman–Crippen MR) is 104 cm³/mol. The molecular formula is C20H20N6O3. The first-order valence-corrected chi connectivity index (χ1v) is 9.36. The van der Waals surface area contributed by atoms with Crippen LogP contribution in [0.2, 0.25) is 0 Å². The molecule has 4 rings (SSSR count). The molecule has 1 aliphatic heterocycles. The summed E-state index contributed by atoms with van der Waals surface area (Å²) in [6.07, 6.45) is 5.39. The first kappa shape index (κ1) is 18.7. The number of carbonyl (C=O) groups excluding carboxylic acids is 1. The topological polar surface area (TPSA) is 112 Å². The maximum atomic E-state index is 12.8. The van der Waals surface area contributed by atoms with Gasteiger partial charge in [-0.1, -0.05) is 6.07 Å². The van der Waals surface area contributed by atoms with Crippen LogP contribution in [0.25, 0.3) is 11.4 Å². The highest BCUT2D eigenvalue weighted by Gasteiger charge is 2.25. The highest BCUT2D eigenvalue weighted by Crippen LogP contribution is 2.24. The summed E-state index contributed by atoms with van der Waals surface area (Å²) in [4.78, 5) is 42.5. The minimum absolute atomic E-state index is 0.163. The molecule has 0 bridgehead atoms. The van der Waals surface area contributed by atoms with Gasteiger partial charge in [-0.25, -0.2) is 19.9 Å².